The van der Waals surface area contributed by atoms with E-state index in [1.165, 1.54) is 27.2 Å². The number of fused-ring (bicyclic) bond motifs is 1. The fourth-order valence-corrected chi connectivity index (χ4v) is 5.00. The smallest absolute Gasteiger partial charge is 0.264 e. The summed E-state index contributed by atoms with van der Waals surface area (Å²) < 4.78 is 0. The van der Waals surface area contributed by atoms with Gasteiger partial charge in [-0.05, 0) is 37.8 Å². The molecule has 1 amide bonds. The summed E-state index contributed by atoms with van der Waals surface area (Å²) in [4.78, 5) is 29.3. The maximum atomic E-state index is 12.5. The predicted molar refractivity (Wildman–Crippen MR) is 104 cm³/mol. The molecule has 1 aliphatic heterocycles. The molecule has 3 aromatic rings. The first-order valence-corrected chi connectivity index (χ1v) is 10.1. The normalized spacial score (nSPS) is 15.2. The second-order valence-corrected chi connectivity index (χ2v) is 8.47. The highest BCUT2D eigenvalue weighted by Crippen LogP contribution is 2.35. The largest absolute Gasteiger partial charge is 0.352 e. The molecule has 0 aliphatic carbocycles. The van der Waals surface area contributed by atoms with E-state index in [-0.39, 0.29) is 5.91 Å². The number of carbonyl (C=O) groups excluding carboxylic acids is 1. The summed E-state index contributed by atoms with van der Waals surface area (Å²) >= 11 is 3.24. The monoisotopic (exact) mass is 372 g/mol. The Morgan fingerprint density at radius 1 is 1.12 bits per heavy atom. The molecule has 0 atom stereocenters. The van der Waals surface area contributed by atoms with Crippen LogP contribution in [0.4, 0.5) is 5.82 Å². The van der Waals surface area contributed by atoms with E-state index in [9.17, 15) is 4.79 Å². The van der Waals surface area contributed by atoms with Gasteiger partial charge in [0.25, 0.3) is 5.91 Å². The number of nitrogens with zero attached hydrogens (tertiary/aromatic N) is 4. The molecule has 25 heavy (non-hydrogen) atoms. The highest BCUT2D eigenvalue weighted by Gasteiger charge is 2.25. The SMILES string of the molecule is Cc1nc(N2CCN(C(=O)c3cccs3)CC2)c2c(C)c(C)sc2n1. The van der Waals surface area contributed by atoms with Crippen molar-refractivity contribution in [3.63, 3.8) is 0 Å². The molecule has 0 aromatic carbocycles. The minimum atomic E-state index is 0.140. The predicted octanol–water partition coefficient (Wildman–Crippen LogP) is 3.64. The molecule has 0 N–H and O–H groups in total. The Balaban J connectivity index is 1.59. The first-order valence-electron chi connectivity index (χ1n) is 8.36. The van der Waals surface area contributed by atoms with Gasteiger partial charge < -0.3 is 9.80 Å². The van der Waals surface area contributed by atoms with E-state index in [0.29, 0.717) is 0 Å². The van der Waals surface area contributed by atoms with Crippen molar-refractivity contribution in [2.24, 2.45) is 0 Å². The number of aromatic nitrogens is 2. The molecule has 130 valence electrons. The summed E-state index contributed by atoms with van der Waals surface area (Å²) in [5, 5.41) is 3.12. The number of thiophene rings is 2. The third-order valence-electron chi connectivity index (χ3n) is 4.72. The molecular weight excluding hydrogens is 352 g/mol. The number of anilines is 1. The average Bonchev–Trinajstić information content (AvgIpc) is 3.23. The van der Waals surface area contributed by atoms with Gasteiger partial charge in [0.05, 0.1) is 10.3 Å². The summed E-state index contributed by atoms with van der Waals surface area (Å²) in [6, 6.07) is 3.82. The van der Waals surface area contributed by atoms with Crippen LogP contribution in [-0.4, -0.2) is 47.0 Å². The Bertz CT molecular complexity index is 924. The van der Waals surface area contributed by atoms with Crippen LogP contribution in [0.1, 0.15) is 25.9 Å². The van der Waals surface area contributed by atoms with E-state index >= 15 is 0 Å². The van der Waals surface area contributed by atoms with Crippen LogP contribution in [0, 0.1) is 20.8 Å². The van der Waals surface area contributed by atoms with Crippen molar-refractivity contribution in [2.75, 3.05) is 31.1 Å². The number of rotatable bonds is 2. The standard InChI is InChI=1S/C18H20N4OS2/c1-11-12(2)25-17-15(11)16(19-13(3)20-17)21-6-8-22(9-7-21)18(23)14-5-4-10-24-14/h4-5,10H,6-9H2,1-3H3. The molecule has 0 bridgehead atoms. The van der Waals surface area contributed by atoms with E-state index in [4.69, 9.17) is 4.98 Å². The molecule has 3 aromatic heterocycles. The number of piperazine rings is 1. The van der Waals surface area contributed by atoms with Gasteiger partial charge in [0.15, 0.2) is 0 Å². The quantitative estimate of drug-likeness (QED) is 0.689. The van der Waals surface area contributed by atoms with Crippen LogP contribution >= 0.6 is 22.7 Å². The van der Waals surface area contributed by atoms with Crippen LogP contribution in [0.25, 0.3) is 10.2 Å². The lowest BCUT2D eigenvalue weighted by atomic mass is 10.2. The lowest BCUT2D eigenvalue weighted by Gasteiger charge is -2.35. The number of amides is 1. The van der Waals surface area contributed by atoms with Gasteiger partial charge in [0.1, 0.15) is 16.5 Å². The molecule has 1 aliphatic rings. The number of hydrogen-bond acceptors (Lipinski definition) is 6. The first kappa shape index (κ1) is 16.5. The Hall–Kier alpha value is -1.99. The molecule has 0 spiro atoms. The average molecular weight is 373 g/mol. The van der Waals surface area contributed by atoms with Gasteiger partial charge >= 0.3 is 0 Å². The van der Waals surface area contributed by atoms with E-state index in [1.54, 1.807) is 11.3 Å². The van der Waals surface area contributed by atoms with Crippen LogP contribution in [-0.2, 0) is 0 Å². The Kier molecular flexibility index (Phi) is 4.21. The van der Waals surface area contributed by atoms with Gasteiger partial charge in [0, 0.05) is 31.1 Å². The van der Waals surface area contributed by atoms with Gasteiger partial charge in [0.2, 0.25) is 0 Å². The van der Waals surface area contributed by atoms with Gasteiger partial charge in [-0.25, -0.2) is 9.97 Å². The van der Waals surface area contributed by atoms with Crippen molar-refractivity contribution in [2.45, 2.75) is 20.8 Å². The van der Waals surface area contributed by atoms with Crippen molar-refractivity contribution >= 4 is 44.6 Å². The summed E-state index contributed by atoms with van der Waals surface area (Å²) in [6.45, 7) is 9.29. The minimum Gasteiger partial charge on any atom is -0.352 e. The lowest BCUT2D eigenvalue weighted by molar-refractivity contribution is 0.0751. The van der Waals surface area contributed by atoms with Crippen molar-refractivity contribution in [3.8, 4) is 0 Å². The zero-order valence-electron chi connectivity index (χ0n) is 14.6. The summed E-state index contributed by atoms with van der Waals surface area (Å²) in [6.07, 6.45) is 0. The second-order valence-electron chi connectivity index (χ2n) is 6.31. The minimum absolute atomic E-state index is 0.140. The van der Waals surface area contributed by atoms with Crippen molar-refractivity contribution < 1.29 is 4.79 Å². The topological polar surface area (TPSA) is 49.3 Å². The molecular formula is C18H20N4OS2. The van der Waals surface area contributed by atoms with Crippen molar-refractivity contribution in [1.29, 1.82) is 0 Å². The Labute approximate surface area is 154 Å². The molecule has 5 nitrogen and oxygen atoms in total. The molecule has 4 heterocycles. The number of aryl methyl sites for hydroxylation is 3. The van der Waals surface area contributed by atoms with Gasteiger partial charge in [-0.1, -0.05) is 6.07 Å². The Morgan fingerprint density at radius 2 is 1.88 bits per heavy atom. The maximum Gasteiger partial charge on any atom is 0.264 e. The molecule has 7 heteroatoms. The second kappa shape index (κ2) is 6.38. The fourth-order valence-electron chi connectivity index (χ4n) is 3.24. The van der Waals surface area contributed by atoms with Crippen LogP contribution < -0.4 is 4.90 Å². The molecule has 1 saturated heterocycles. The highest BCUT2D eigenvalue weighted by atomic mass is 32.1. The summed E-state index contributed by atoms with van der Waals surface area (Å²) in [5.74, 6) is 1.97. The van der Waals surface area contributed by atoms with Gasteiger partial charge in [-0.15, -0.1) is 22.7 Å². The molecule has 4 rings (SSSR count). The molecule has 0 saturated carbocycles. The fraction of sp³-hybridized carbons (Fsp3) is 0.389. The zero-order valence-corrected chi connectivity index (χ0v) is 16.2. The van der Waals surface area contributed by atoms with E-state index in [2.05, 4.69) is 23.7 Å². The van der Waals surface area contributed by atoms with Gasteiger partial charge in [-0.2, -0.15) is 0 Å². The Morgan fingerprint density at radius 3 is 2.56 bits per heavy atom. The van der Waals surface area contributed by atoms with Crippen LogP contribution in [0.3, 0.4) is 0 Å². The van der Waals surface area contributed by atoms with Crippen LogP contribution in [0.2, 0.25) is 0 Å². The highest BCUT2D eigenvalue weighted by molar-refractivity contribution is 7.18. The van der Waals surface area contributed by atoms with Crippen molar-refractivity contribution in [3.05, 3.63) is 38.7 Å². The van der Waals surface area contributed by atoms with Crippen LogP contribution in [0.5, 0.6) is 0 Å². The number of hydrogen-bond donors (Lipinski definition) is 0. The summed E-state index contributed by atoms with van der Waals surface area (Å²) in [5.41, 5.74) is 1.27. The molecule has 1 fully saturated rings. The van der Waals surface area contributed by atoms with E-state index in [0.717, 1.165) is 47.5 Å². The third-order valence-corrected chi connectivity index (χ3v) is 6.68. The van der Waals surface area contributed by atoms with Gasteiger partial charge in [-0.3, -0.25) is 4.79 Å². The molecule has 0 radical (unpaired) electrons. The van der Waals surface area contributed by atoms with E-state index < -0.39 is 0 Å². The molecule has 0 unspecified atom stereocenters. The van der Waals surface area contributed by atoms with Crippen molar-refractivity contribution in [1.82, 2.24) is 14.9 Å². The summed E-state index contributed by atoms with van der Waals surface area (Å²) in [7, 11) is 0. The zero-order chi connectivity index (χ0) is 17.6. The third kappa shape index (κ3) is 2.91. The number of carbonyl (C=O) groups is 1. The first-order chi connectivity index (χ1) is 12.0. The van der Waals surface area contributed by atoms with Crippen LogP contribution in [0.15, 0.2) is 17.5 Å². The lowest BCUT2D eigenvalue weighted by Crippen LogP contribution is -2.49. The van der Waals surface area contributed by atoms with E-state index in [1.807, 2.05) is 29.3 Å². The maximum absolute atomic E-state index is 12.5.